The molecule has 0 amide bonds. The van der Waals surface area contributed by atoms with Gasteiger partial charge in [-0.15, -0.1) is 0 Å². The van der Waals surface area contributed by atoms with Crippen LogP contribution in [0.5, 0.6) is 5.75 Å². The standard InChI is InChI=1S/C29H39F4N3O4S/c1-28(2,3)21-7-4-6-18(11-21)14-35-23-17-41(38,39)16-20(27(23)37)10-19-12-22(30)26(34)24(13-19)40-25(29(31,32)33)15-36-8-5-9-36/h4,6-7,11-13,20,23,25,27,35,37H,5,8-10,14-17,34H2,1-3H3/t20-,23+,25-,27+/m1/s1. The van der Waals surface area contributed by atoms with Crippen LogP contribution >= 0.6 is 0 Å². The smallest absolute Gasteiger partial charge is 0.426 e. The molecule has 0 spiro atoms. The van der Waals surface area contributed by atoms with E-state index in [1.807, 2.05) is 24.3 Å². The van der Waals surface area contributed by atoms with Crippen molar-refractivity contribution >= 4 is 15.5 Å². The second-order valence-corrected chi connectivity index (χ2v) is 14.4. The molecule has 0 saturated carbocycles. The second kappa shape index (κ2) is 12.1. The van der Waals surface area contributed by atoms with Crippen LogP contribution in [0.2, 0.25) is 0 Å². The molecule has 2 fully saturated rings. The van der Waals surface area contributed by atoms with Crippen molar-refractivity contribution in [2.24, 2.45) is 5.92 Å². The van der Waals surface area contributed by atoms with Gasteiger partial charge in [0.25, 0.3) is 0 Å². The molecule has 2 aliphatic rings. The number of likely N-dealkylation sites (tertiary alicyclic amines) is 1. The number of anilines is 1. The summed E-state index contributed by atoms with van der Waals surface area (Å²) in [4.78, 5) is 1.59. The molecule has 0 unspecified atom stereocenters. The van der Waals surface area contributed by atoms with Crippen LogP contribution in [0.4, 0.5) is 23.2 Å². The first-order valence-electron chi connectivity index (χ1n) is 13.8. The van der Waals surface area contributed by atoms with E-state index in [1.165, 1.54) is 6.07 Å². The number of alkyl halides is 3. The number of nitrogens with zero attached hydrogens (tertiary/aromatic N) is 1. The number of aliphatic hydroxyl groups is 1. The van der Waals surface area contributed by atoms with Gasteiger partial charge in [0.05, 0.1) is 17.6 Å². The monoisotopic (exact) mass is 601 g/mol. The lowest BCUT2D eigenvalue weighted by Crippen LogP contribution is -2.54. The highest BCUT2D eigenvalue weighted by Crippen LogP contribution is 2.34. The van der Waals surface area contributed by atoms with E-state index in [2.05, 4.69) is 26.1 Å². The zero-order chi connectivity index (χ0) is 30.2. The van der Waals surface area contributed by atoms with Crippen molar-refractivity contribution in [2.45, 2.75) is 70.0 Å². The van der Waals surface area contributed by atoms with Crippen LogP contribution in [0.25, 0.3) is 0 Å². The zero-order valence-corrected chi connectivity index (χ0v) is 24.4. The maximum absolute atomic E-state index is 14.7. The van der Waals surface area contributed by atoms with E-state index >= 15 is 0 Å². The van der Waals surface area contributed by atoms with E-state index in [4.69, 9.17) is 10.5 Å². The minimum absolute atomic E-state index is 0.0687. The first-order valence-corrected chi connectivity index (χ1v) is 15.6. The number of benzene rings is 2. The number of nitrogen functional groups attached to an aromatic ring is 1. The molecule has 0 aliphatic carbocycles. The summed E-state index contributed by atoms with van der Waals surface area (Å²) in [7, 11) is -3.57. The number of hydrogen-bond acceptors (Lipinski definition) is 7. The van der Waals surface area contributed by atoms with Gasteiger partial charge in [0.2, 0.25) is 6.10 Å². The third-order valence-electron chi connectivity index (χ3n) is 7.81. The lowest BCUT2D eigenvalue weighted by molar-refractivity contribution is -0.201. The third kappa shape index (κ3) is 8.12. The van der Waals surface area contributed by atoms with Gasteiger partial charge in [-0.3, -0.25) is 4.90 Å². The molecule has 4 N–H and O–H groups in total. The molecule has 228 valence electrons. The minimum Gasteiger partial charge on any atom is -0.477 e. The van der Waals surface area contributed by atoms with E-state index in [9.17, 15) is 31.1 Å². The molecule has 0 bridgehead atoms. The number of nitrogens with one attached hydrogen (secondary N) is 1. The Balaban J connectivity index is 1.50. The van der Waals surface area contributed by atoms with Crippen molar-refractivity contribution in [2.75, 3.05) is 36.9 Å². The Labute approximate surface area is 239 Å². The normalized spacial score (nSPS) is 24.0. The molecule has 41 heavy (non-hydrogen) atoms. The molecule has 0 aromatic heterocycles. The van der Waals surface area contributed by atoms with Crippen molar-refractivity contribution in [3.8, 4) is 5.75 Å². The maximum atomic E-state index is 14.7. The fourth-order valence-electron chi connectivity index (χ4n) is 5.27. The average Bonchev–Trinajstić information content (AvgIpc) is 2.83. The summed E-state index contributed by atoms with van der Waals surface area (Å²) in [5, 5.41) is 14.3. The molecule has 2 aromatic rings. The second-order valence-electron chi connectivity index (χ2n) is 12.3. The number of hydrogen-bond donors (Lipinski definition) is 3. The van der Waals surface area contributed by atoms with Gasteiger partial charge in [0.1, 0.15) is 17.3 Å². The van der Waals surface area contributed by atoms with Gasteiger partial charge >= 0.3 is 6.18 Å². The fourth-order valence-corrected chi connectivity index (χ4v) is 7.24. The van der Waals surface area contributed by atoms with Crippen LogP contribution in [-0.2, 0) is 28.2 Å². The molecule has 0 radical (unpaired) electrons. The topological polar surface area (TPSA) is 105 Å². The highest BCUT2D eigenvalue weighted by atomic mass is 32.2. The highest BCUT2D eigenvalue weighted by Gasteiger charge is 2.44. The molecule has 2 saturated heterocycles. The van der Waals surface area contributed by atoms with Crippen LogP contribution in [0.15, 0.2) is 36.4 Å². The molecule has 12 heteroatoms. The van der Waals surface area contributed by atoms with E-state index in [0.717, 1.165) is 23.6 Å². The van der Waals surface area contributed by atoms with Gasteiger partial charge in [-0.1, -0.05) is 45.0 Å². The molecule has 4 rings (SSSR count). The summed E-state index contributed by atoms with van der Waals surface area (Å²) in [6, 6.07) is 9.37. The van der Waals surface area contributed by atoms with Crippen molar-refractivity contribution in [3.05, 3.63) is 58.9 Å². The Hall–Kier alpha value is -2.41. The minimum atomic E-state index is -4.70. The first-order chi connectivity index (χ1) is 19.0. The van der Waals surface area contributed by atoms with Gasteiger partial charge in [-0.2, -0.15) is 13.2 Å². The van der Waals surface area contributed by atoms with Crippen LogP contribution in [-0.4, -0.2) is 74.0 Å². The quantitative estimate of drug-likeness (QED) is 0.297. The lowest BCUT2D eigenvalue weighted by atomic mass is 9.86. The molecule has 7 nitrogen and oxygen atoms in total. The summed E-state index contributed by atoms with van der Waals surface area (Å²) in [5.74, 6) is -2.85. The zero-order valence-electron chi connectivity index (χ0n) is 23.5. The molecule has 2 aliphatic heterocycles. The van der Waals surface area contributed by atoms with Crippen LogP contribution < -0.4 is 15.8 Å². The summed E-state index contributed by atoms with van der Waals surface area (Å²) in [6.45, 7) is 7.24. The van der Waals surface area contributed by atoms with Crippen LogP contribution in [0.3, 0.4) is 0 Å². The predicted octanol–water partition coefficient (Wildman–Crippen LogP) is 3.83. The van der Waals surface area contributed by atoms with Crippen molar-refractivity contribution in [3.63, 3.8) is 0 Å². The number of halogens is 4. The Morgan fingerprint density at radius 2 is 1.83 bits per heavy atom. The van der Waals surface area contributed by atoms with E-state index in [1.54, 1.807) is 4.90 Å². The Bertz CT molecular complexity index is 1330. The van der Waals surface area contributed by atoms with E-state index in [-0.39, 0.29) is 28.9 Å². The maximum Gasteiger partial charge on any atom is 0.426 e. The van der Waals surface area contributed by atoms with Crippen LogP contribution in [0.1, 0.15) is 43.9 Å². The summed E-state index contributed by atoms with van der Waals surface area (Å²) in [6.07, 6.45) is -7.29. The highest BCUT2D eigenvalue weighted by molar-refractivity contribution is 7.91. The summed E-state index contributed by atoms with van der Waals surface area (Å²) < 4.78 is 86.6. The SMILES string of the molecule is CC(C)(C)c1cccc(CN[C@H]2CS(=O)(=O)C[C@@H](Cc3cc(F)c(N)c(O[C@H](CN4CCC4)C(F)(F)F)c3)[C@@H]2O)c1. The van der Waals surface area contributed by atoms with E-state index in [0.29, 0.717) is 19.6 Å². The fraction of sp³-hybridized carbons (Fsp3) is 0.586. The van der Waals surface area contributed by atoms with Gasteiger partial charge in [0, 0.05) is 25.0 Å². The molecular formula is C29H39F4N3O4S. The number of ether oxygens (including phenoxy) is 1. The Morgan fingerprint density at radius 1 is 1.12 bits per heavy atom. The predicted molar refractivity (Wildman–Crippen MR) is 150 cm³/mol. The van der Waals surface area contributed by atoms with Gasteiger partial charge in [0.15, 0.2) is 9.84 Å². The lowest BCUT2D eigenvalue weighted by Gasteiger charge is -2.36. The van der Waals surface area contributed by atoms with Gasteiger partial charge in [-0.25, -0.2) is 12.8 Å². The van der Waals surface area contributed by atoms with Crippen LogP contribution in [0, 0.1) is 11.7 Å². The Kier molecular flexibility index (Phi) is 9.28. The summed E-state index contributed by atoms with van der Waals surface area (Å²) in [5.41, 5.74) is 7.36. The van der Waals surface area contributed by atoms with Crippen molar-refractivity contribution in [1.82, 2.24) is 10.2 Å². The van der Waals surface area contributed by atoms with Crippen molar-refractivity contribution < 1.29 is 35.8 Å². The number of sulfone groups is 1. The molecule has 2 heterocycles. The average molecular weight is 602 g/mol. The summed E-state index contributed by atoms with van der Waals surface area (Å²) >= 11 is 0. The van der Waals surface area contributed by atoms with Crippen molar-refractivity contribution in [1.29, 1.82) is 0 Å². The third-order valence-corrected chi connectivity index (χ3v) is 9.62. The number of nitrogens with two attached hydrogens (primary N) is 1. The molecule has 4 atom stereocenters. The number of rotatable bonds is 9. The first kappa shape index (κ1) is 31.5. The largest absolute Gasteiger partial charge is 0.477 e. The Morgan fingerprint density at radius 3 is 2.44 bits per heavy atom. The van der Waals surface area contributed by atoms with Gasteiger partial charge < -0.3 is 20.9 Å². The molecular weight excluding hydrogens is 562 g/mol. The van der Waals surface area contributed by atoms with Gasteiger partial charge in [-0.05, 0) is 60.2 Å². The molecule has 2 aromatic carbocycles. The van der Waals surface area contributed by atoms with E-state index < -0.39 is 64.0 Å². The number of aliphatic hydroxyl groups excluding tert-OH is 1.